The van der Waals surface area contributed by atoms with Crippen molar-refractivity contribution >= 4 is 34.1 Å². The van der Waals surface area contributed by atoms with Crippen molar-refractivity contribution in [1.29, 1.82) is 0 Å². The molecule has 148 valence electrons. The van der Waals surface area contributed by atoms with Crippen LogP contribution in [-0.2, 0) is 9.59 Å². The Morgan fingerprint density at radius 2 is 1.56 bits per heavy atom. The molecule has 1 aromatic rings. The number of aliphatic carboxylic acids is 1. The van der Waals surface area contributed by atoms with Gasteiger partial charge in [0.2, 0.25) is 5.91 Å². The zero-order valence-corrected chi connectivity index (χ0v) is 16.8. The Kier molecular flexibility index (Phi) is 6.19. The summed E-state index contributed by atoms with van der Waals surface area (Å²) in [6, 6.07) is 0.204. The molecule has 3 N–H and O–H groups in total. The number of carbonyl (C=O) groups is 3. The third-order valence-electron chi connectivity index (χ3n) is 5.96. The second-order valence-electron chi connectivity index (χ2n) is 7.77. The predicted octanol–water partition coefficient (Wildman–Crippen LogP) is 3.87. The Bertz CT molecular complexity index is 737. The van der Waals surface area contributed by atoms with E-state index in [0.29, 0.717) is 23.4 Å². The Morgan fingerprint density at radius 3 is 2.19 bits per heavy atom. The van der Waals surface area contributed by atoms with E-state index in [9.17, 15) is 19.5 Å². The minimum absolute atomic E-state index is 0.141. The maximum atomic E-state index is 12.8. The molecular weight excluding hydrogens is 364 g/mol. The molecule has 0 aromatic carbocycles. The molecule has 0 bridgehead atoms. The van der Waals surface area contributed by atoms with Crippen LogP contribution in [-0.4, -0.2) is 28.9 Å². The van der Waals surface area contributed by atoms with Gasteiger partial charge in [0.05, 0.1) is 17.4 Å². The summed E-state index contributed by atoms with van der Waals surface area (Å²) >= 11 is 1.39. The molecule has 0 spiro atoms. The number of carboxylic acid groups (broad SMARTS) is 1. The van der Waals surface area contributed by atoms with Crippen molar-refractivity contribution in [2.75, 3.05) is 5.32 Å². The number of carbonyl (C=O) groups excluding carboxylic acids is 2. The number of aryl methyl sites for hydroxylation is 1. The normalized spacial score (nSPS) is 23.2. The van der Waals surface area contributed by atoms with Crippen molar-refractivity contribution in [3.63, 3.8) is 0 Å². The average molecular weight is 393 g/mol. The summed E-state index contributed by atoms with van der Waals surface area (Å²) in [4.78, 5) is 38.2. The first kappa shape index (κ1) is 19.9. The van der Waals surface area contributed by atoms with Crippen molar-refractivity contribution in [2.45, 2.75) is 71.3 Å². The van der Waals surface area contributed by atoms with E-state index in [2.05, 4.69) is 10.6 Å². The fourth-order valence-corrected chi connectivity index (χ4v) is 5.32. The summed E-state index contributed by atoms with van der Waals surface area (Å²) in [5.41, 5.74) is 1.41. The van der Waals surface area contributed by atoms with Gasteiger partial charge in [0.25, 0.3) is 5.91 Å². The molecule has 0 unspecified atom stereocenters. The van der Waals surface area contributed by atoms with E-state index >= 15 is 0 Å². The van der Waals surface area contributed by atoms with E-state index in [1.165, 1.54) is 11.3 Å². The summed E-state index contributed by atoms with van der Waals surface area (Å²) in [5.74, 6) is -2.51. The Morgan fingerprint density at radius 1 is 0.963 bits per heavy atom. The number of rotatable bonds is 5. The first-order chi connectivity index (χ1) is 12.9. The lowest BCUT2D eigenvalue weighted by Gasteiger charge is -2.27. The van der Waals surface area contributed by atoms with Crippen LogP contribution < -0.4 is 10.6 Å². The van der Waals surface area contributed by atoms with Gasteiger partial charge in [-0.05, 0) is 45.1 Å². The minimum atomic E-state index is -0.910. The first-order valence-electron chi connectivity index (χ1n) is 9.83. The minimum Gasteiger partial charge on any atom is -0.481 e. The number of thiophene rings is 1. The number of hydrogen-bond donors (Lipinski definition) is 3. The summed E-state index contributed by atoms with van der Waals surface area (Å²) in [5, 5.41) is 16.0. The van der Waals surface area contributed by atoms with Crippen molar-refractivity contribution in [2.24, 2.45) is 11.8 Å². The van der Waals surface area contributed by atoms with Crippen molar-refractivity contribution in [3.05, 3.63) is 16.0 Å². The second-order valence-corrected chi connectivity index (χ2v) is 8.99. The fourth-order valence-electron chi connectivity index (χ4n) is 4.26. The van der Waals surface area contributed by atoms with Gasteiger partial charge < -0.3 is 15.7 Å². The lowest BCUT2D eigenvalue weighted by molar-refractivity contribution is -0.147. The van der Waals surface area contributed by atoms with Gasteiger partial charge in [0.15, 0.2) is 0 Å². The zero-order chi connectivity index (χ0) is 19.6. The van der Waals surface area contributed by atoms with Crippen LogP contribution in [0.4, 0.5) is 5.00 Å². The molecule has 6 nitrogen and oxygen atoms in total. The molecule has 2 amide bonds. The van der Waals surface area contributed by atoms with Gasteiger partial charge in [-0.15, -0.1) is 11.3 Å². The Labute approximate surface area is 163 Å². The van der Waals surface area contributed by atoms with E-state index in [0.717, 1.165) is 49.0 Å². The lowest BCUT2D eigenvalue weighted by Crippen LogP contribution is -2.37. The Hall–Kier alpha value is -1.89. The van der Waals surface area contributed by atoms with Crippen molar-refractivity contribution in [3.8, 4) is 0 Å². The highest BCUT2D eigenvalue weighted by atomic mass is 32.1. The second kappa shape index (κ2) is 8.42. The number of carboxylic acids is 1. The quantitative estimate of drug-likeness (QED) is 0.709. The van der Waals surface area contributed by atoms with Crippen LogP contribution in [0.5, 0.6) is 0 Å². The van der Waals surface area contributed by atoms with Crippen LogP contribution in [0.25, 0.3) is 0 Å². The van der Waals surface area contributed by atoms with Gasteiger partial charge in [0.1, 0.15) is 5.00 Å². The fraction of sp³-hybridized carbons (Fsp3) is 0.650. The van der Waals surface area contributed by atoms with Crippen LogP contribution in [0.2, 0.25) is 0 Å². The van der Waals surface area contributed by atoms with Crippen LogP contribution in [0.3, 0.4) is 0 Å². The molecule has 0 radical (unpaired) electrons. The van der Waals surface area contributed by atoms with E-state index in [1.54, 1.807) is 0 Å². The predicted molar refractivity (Wildman–Crippen MR) is 105 cm³/mol. The van der Waals surface area contributed by atoms with Crippen molar-refractivity contribution in [1.82, 2.24) is 5.32 Å². The standard InChI is InChI=1S/C20H28N2O4S/c1-11-12(2)27-19(16(11)18(24)21-13-7-3-4-8-13)22-17(23)14-9-5-6-10-15(14)20(25)26/h13-15H,3-10H2,1-2H3,(H,21,24)(H,22,23)(H,25,26)/t14-,15+/m1/s1. The van der Waals surface area contributed by atoms with E-state index < -0.39 is 17.8 Å². The average Bonchev–Trinajstić information content (AvgIpc) is 3.23. The van der Waals surface area contributed by atoms with Crippen LogP contribution in [0, 0.1) is 25.7 Å². The third kappa shape index (κ3) is 4.34. The van der Waals surface area contributed by atoms with Gasteiger partial charge >= 0.3 is 5.97 Å². The van der Waals surface area contributed by atoms with Gasteiger partial charge in [-0.25, -0.2) is 0 Å². The molecule has 2 atom stereocenters. The lowest BCUT2D eigenvalue weighted by atomic mass is 9.79. The molecule has 2 aliphatic rings. The van der Waals surface area contributed by atoms with Gasteiger partial charge in [0, 0.05) is 10.9 Å². The Balaban J connectivity index is 1.77. The highest BCUT2D eigenvalue weighted by molar-refractivity contribution is 7.16. The maximum absolute atomic E-state index is 12.8. The molecule has 27 heavy (non-hydrogen) atoms. The summed E-state index contributed by atoms with van der Waals surface area (Å²) < 4.78 is 0. The van der Waals surface area contributed by atoms with Crippen molar-refractivity contribution < 1.29 is 19.5 Å². The summed E-state index contributed by atoms with van der Waals surface area (Å²) in [6.45, 7) is 3.83. The summed E-state index contributed by atoms with van der Waals surface area (Å²) in [6.07, 6.45) is 7.08. The van der Waals surface area contributed by atoms with E-state index in [1.807, 2.05) is 13.8 Å². The SMILES string of the molecule is Cc1sc(NC(=O)[C@@H]2CCCC[C@@H]2C(=O)O)c(C(=O)NC2CCCC2)c1C. The van der Waals surface area contributed by atoms with Crippen LogP contribution in [0.1, 0.15) is 72.2 Å². The molecule has 3 rings (SSSR count). The van der Waals surface area contributed by atoms with E-state index in [4.69, 9.17) is 0 Å². The number of hydrogen-bond acceptors (Lipinski definition) is 4. The largest absolute Gasteiger partial charge is 0.481 e. The van der Waals surface area contributed by atoms with Gasteiger partial charge in [-0.3, -0.25) is 14.4 Å². The highest BCUT2D eigenvalue weighted by Crippen LogP contribution is 2.36. The molecule has 1 aromatic heterocycles. The highest BCUT2D eigenvalue weighted by Gasteiger charge is 2.36. The monoisotopic (exact) mass is 392 g/mol. The van der Waals surface area contributed by atoms with Gasteiger partial charge in [-0.2, -0.15) is 0 Å². The van der Waals surface area contributed by atoms with Gasteiger partial charge in [-0.1, -0.05) is 25.7 Å². The molecule has 1 heterocycles. The summed E-state index contributed by atoms with van der Waals surface area (Å²) in [7, 11) is 0. The number of anilines is 1. The van der Waals surface area contributed by atoms with Crippen LogP contribution >= 0.6 is 11.3 Å². The number of amides is 2. The maximum Gasteiger partial charge on any atom is 0.307 e. The smallest absolute Gasteiger partial charge is 0.307 e. The molecule has 0 aliphatic heterocycles. The van der Waals surface area contributed by atoms with E-state index in [-0.39, 0.29) is 17.9 Å². The molecule has 2 saturated carbocycles. The zero-order valence-electron chi connectivity index (χ0n) is 16.0. The molecule has 7 heteroatoms. The first-order valence-corrected chi connectivity index (χ1v) is 10.6. The topological polar surface area (TPSA) is 95.5 Å². The molecule has 2 fully saturated rings. The van der Waals surface area contributed by atoms with Crippen LogP contribution in [0.15, 0.2) is 0 Å². The number of nitrogens with one attached hydrogen (secondary N) is 2. The molecular formula is C20H28N2O4S. The molecule has 2 aliphatic carbocycles. The third-order valence-corrected chi connectivity index (χ3v) is 7.08. The molecule has 0 saturated heterocycles.